The van der Waals surface area contributed by atoms with E-state index in [4.69, 9.17) is 14.6 Å². The number of fused-ring (bicyclic) bond motifs is 1. The molecule has 46 heavy (non-hydrogen) atoms. The normalized spacial score (nSPS) is 14.4. The van der Waals surface area contributed by atoms with Crippen LogP contribution >= 0.6 is 11.3 Å². The number of thiazole rings is 1. The fraction of sp³-hybridized carbons (Fsp3) is 0.118. The molecule has 3 aromatic carbocycles. The highest BCUT2D eigenvalue weighted by Gasteiger charge is 2.33. The third-order valence-electron chi connectivity index (χ3n) is 7.39. The summed E-state index contributed by atoms with van der Waals surface area (Å²) in [6, 6.07) is 21.9. The molecular weight excluding hydrogens is 606 g/mol. The molecule has 0 spiro atoms. The van der Waals surface area contributed by atoms with Crippen LogP contribution in [-0.2, 0) is 9.53 Å². The van der Waals surface area contributed by atoms with Crippen molar-refractivity contribution in [1.29, 1.82) is 0 Å². The number of aromatic nitrogens is 3. The molecule has 0 N–H and O–H groups in total. The number of benzene rings is 3. The maximum absolute atomic E-state index is 14.2. The molecule has 0 saturated heterocycles. The summed E-state index contributed by atoms with van der Waals surface area (Å²) in [6.45, 7) is 5.33. The van der Waals surface area contributed by atoms with Crippen LogP contribution < -0.4 is 19.6 Å². The number of rotatable bonds is 9. The third kappa shape index (κ3) is 5.69. The van der Waals surface area contributed by atoms with Crippen molar-refractivity contribution in [3.8, 4) is 22.7 Å². The number of hydrogen-bond donors (Lipinski definition) is 0. The fourth-order valence-corrected chi connectivity index (χ4v) is 6.27. The first-order chi connectivity index (χ1) is 22.3. The Hall–Kier alpha value is -5.88. The number of methoxy groups -OCH3 is 1. The lowest BCUT2D eigenvalue weighted by molar-refractivity contribution is -0.384. The quantitative estimate of drug-likeness (QED) is 0.0993. The smallest absolute Gasteiger partial charge is 0.338 e. The van der Waals surface area contributed by atoms with Crippen LogP contribution in [0.4, 0.5) is 5.69 Å². The van der Waals surface area contributed by atoms with Gasteiger partial charge >= 0.3 is 5.97 Å². The van der Waals surface area contributed by atoms with Gasteiger partial charge in [-0.15, -0.1) is 0 Å². The van der Waals surface area contributed by atoms with Crippen LogP contribution in [0.25, 0.3) is 23.0 Å². The Kier molecular flexibility index (Phi) is 8.27. The second kappa shape index (κ2) is 12.6. The highest BCUT2D eigenvalue weighted by atomic mass is 32.1. The number of ether oxygens (including phenoxy) is 2. The lowest BCUT2D eigenvalue weighted by Crippen LogP contribution is -2.39. The average molecular weight is 634 g/mol. The van der Waals surface area contributed by atoms with Gasteiger partial charge in [0, 0.05) is 29.5 Å². The summed E-state index contributed by atoms with van der Waals surface area (Å²) >= 11 is 1.17. The SMILES string of the molecule is C=CCOC(=O)C1=C(C)N=c2s/c(=C\c3cn(-c4ccccc4)nc3-c3cccc([N+](=O)[O-])c3)c(=O)n2[C@H]1c1ccc(OC)cc1. The second-order valence-corrected chi connectivity index (χ2v) is 11.3. The predicted molar refractivity (Wildman–Crippen MR) is 174 cm³/mol. The van der Waals surface area contributed by atoms with Crippen molar-refractivity contribution in [2.75, 3.05) is 13.7 Å². The molecule has 1 aliphatic heterocycles. The minimum Gasteiger partial charge on any atom is -0.497 e. The lowest BCUT2D eigenvalue weighted by Gasteiger charge is -2.24. The molecule has 5 aromatic rings. The molecule has 1 aliphatic rings. The van der Waals surface area contributed by atoms with Gasteiger partial charge in [-0.3, -0.25) is 19.5 Å². The number of allylic oxidation sites excluding steroid dienone is 1. The van der Waals surface area contributed by atoms with Crippen LogP contribution in [0, 0.1) is 10.1 Å². The molecule has 0 bridgehead atoms. The maximum Gasteiger partial charge on any atom is 0.338 e. The maximum atomic E-state index is 14.2. The summed E-state index contributed by atoms with van der Waals surface area (Å²) in [5.41, 5.74) is 3.19. The second-order valence-electron chi connectivity index (χ2n) is 10.3. The van der Waals surface area contributed by atoms with E-state index in [-0.39, 0.29) is 23.4 Å². The number of non-ortho nitro benzene ring substituents is 1. The Balaban J connectivity index is 1.55. The van der Waals surface area contributed by atoms with E-state index in [0.717, 1.165) is 5.69 Å². The van der Waals surface area contributed by atoms with E-state index >= 15 is 0 Å². The van der Waals surface area contributed by atoms with Gasteiger partial charge < -0.3 is 9.47 Å². The largest absolute Gasteiger partial charge is 0.497 e. The van der Waals surface area contributed by atoms with Gasteiger partial charge in [-0.1, -0.05) is 66.5 Å². The Bertz CT molecular complexity index is 2200. The highest BCUT2D eigenvalue weighted by molar-refractivity contribution is 7.07. The molecule has 0 fully saturated rings. The van der Waals surface area contributed by atoms with Gasteiger partial charge in [-0.05, 0) is 42.8 Å². The average Bonchev–Trinajstić information content (AvgIpc) is 3.64. The first-order valence-electron chi connectivity index (χ1n) is 14.1. The number of carbonyl (C=O) groups is 1. The molecule has 11 nitrogen and oxygen atoms in total. The number of para-hydroxylation sites is 1. The standard InChI is InChI=1S/C34H27N5O6S/c1-4-17-45-33(41)29-21(2)35-34-38(31(29)22-13-15-27(44-3)16-14-22)32(40)28(46-34)19-24-20-37(25-10-6-5-7-11-25)36-30(24)23-9-8-12-26(18-23)39(42)43/h4-16,18-20,31H,1,17H2,2-3H3/b28-19-/t31-/m0/s1. The lowest BCUT2D eigenvalue weighted by atomic mass is 9.96. The summed E-state index contributed by atoms with van der Waals surface area (Å²) < 4.78 is 14.2. The predicted octanol–water partition coefficient (Wildman–Crippen LogP) is 4.73. The molecular formula is C34H27N5O6S. The van der Waals surface area contributed by atoms with Gasteiger partial charge in [0.15, 0.2) is 4.80 Å². The van der Waals surface area contributed by atoms with Crippen LogP contribution in [0.3, 0.4) is 0 Å². The molecule has 6 rings (SSSR count). The molecule has 0 radical (unpaired) electrons. The van der Waals surface area contributed by atoms with E-state index in [9.17, 15) is 19.7 Å². The summed E-state index contributed by atoms with van der Waals surface area (Å²) in [7, 11) is 1.56. The Morgan fingerprint density at radius 1 is 1.11 bits per heavy atom. The van der Waals surface area contributed by atoms with Crippen LogP contribution in [-0.4, -0.2) is 39.0 Å². The van der Waals surface area contributed by atoms with Crippen LogP contribution in [0.15, 0.2) is 119 Å². The Morgan fingerprint density at radius 2 is 1.87 bits per heavy atom. The zero-order valence-corrected chi connectivity index (χ0v) is 25.6. The summed E-state index contributed by atoms with van der Waals surface area (Å²) in [5.74, 6) is 0.0186. The molecule has 1 atom stereocenters. The van der Waals surface area contributed by atoms with Crippen molar-refractivity contribution in [3.63, 3.8) is 0 Å². The van der Waals surface area contributed by atoms with Crippen molar-refractivity contribution >= 4 is 29.1 Å². The number of esters is 1. The third-order valence-corrected chi connectivity index (χ3v) is 8.37. The topological polar surface area (TPSA) is 131 Å². The van der Waals surface area contributed by atoms with Crippen molar-refractivity contribution in [2.24, 2.45) is 4.99 Å². The van der Waals surface area contributed by atoms with Gasteiger partial charge in [0.05, 0.1) is 39.6 Å². The van der Waals surface area contributed by atoms with Crippen molar-refractivity contribution in [1.82, 2.24) is 14.3 Å². The number of nitrogens with zero attached hydrogens (tertiary/aromatic N) is 5. The molecule has 12 heteroatoms. The van der Waals surface area contributed by atoms with E-state index in [2.05, 4.69) is 11.6 Å². The van der Waals surface area contributed by atoms with E-state index in [1.807, 2.05) is 30.3 Å². The van der Waals surface area contributed by atoms with Gasteiger partial charge in [-0.25, -0.2) is 14.5 Å². The van der Waals surface area contributed by atoms with Crippen molar-refractivity contribution < 1.29 is 19.2 Å². The minimum atomic E-state index is -0.815. The van der Waals surface area contributed by atoms with Crippen molar-refractivity contribution in [2.45, 2.75) is 13.0 Å². The van der Waals surface area contributed by atoms with E-state index < -0.39 is 16.9 Å². The Morgan fingerprint density at radius 3 is 2.57 bits per heavy atom. The molecule has 0 aliphatic carbocycles. The van der Waals surface area contributed by atoms with Crippen molar-refractivity contribution in [3.05, 3.63) is 150 Å². The first kappa shape index (κ1) is 30.2. The van der Waals surface area contributed by atoms with Gasteiger partial charge in [-0.2, -0.15) is 5.10 Å². The van der Waals surface area contributed by atoms with Crippen LogP contribution in [0.1, 0.15) is 24.1 Å². The number of hydrogen-bond acceptors (Lipinski definition) is 9. The molecule has 230 valence electrons. The van der Waals surface area contributed by atoms with E-state index in [1.165, 1.54) is 34.1 Å². The highest BCUT2D eigenvalue weighted by Crippen LogP contribution is 2.32. The number of carbonyl (C=O) groups excluding carboxylic acids is 1. The Labute approximate surface area is 266 Å². The molecule has 0 unspecified atom stereocenters. The number of nitro benzene ring substituents is 1. The zero-order valence-electron chi connectivity index (χ0n) is 24.8. The summed E-state index contributed by atoms with van der Waals surface area (Å²) in [5, 5.41) is 16.3. The monoisotopic (exact) mass is 633 g/mol. The minimum absolute atomic E-state index is 0.00119. The zero-order chi connectivity index (χ0) is 32.4. The van der Waals surface area contributed by atoms with Gasteiger partial charge in [0.2, 0.25) is 0 Å². The van der Waals surface area contributed by atoms with Gasteiger partial charge in [0.25, 0.3) is 11.2 Å². The van der Waals surface area contributed by atoms with E-state index in [0.29, 0.717) is 43.2 Å². The number of nitro groups is 1. The first-order valence-corrected chi connectivity index (χ1v) is 14.9. The molecule has 3 heterocycles. The van der Waals surface area contributed by atoms with Gasteiger partial charge in [0.1, 0.15) is 18.1 Å². The van der Waals surface area contributed by atoms with E-state index in [1.54, 1.807) is 67.4 Å². The molecule has 0 amide bonds. The molecule has 2 aromatic heterocycles. The van der Waals surface area contributed by atoms with Crippen LogP contribution in [0.5, 0.6) is 5.75 Å². The molecule has 0 saturated carbocycles. The van der Waals surface area contributed by atoms with Crippen LogP contribution in [0.2, 0.25) is 0 Å². The fourth-order valence-electron chi connectivity index (χ4n) is 5.23. The summed E-state index contributed by atoms with van der Waals surface area (Å²) in [6.07, 6.45) is 4.94. The summed E-state index contributed by atoms with van der Waals surface area (Å²) in [4.78, 5) is 43.7.